The second-order valence-electron chi connectivity index (χ2n) is 6.76. The summed E-state index contributed by atoms with van der Waals surface area (Å²) in [6.45, 7) is 1.42. The molecule has 0 bridgehead atoms. The molecule has 1 aliphatic rings. The molecule has 7 nitrogen and oxygen atoms in total. The summed E-state index contributed by atoms with van der Waals surface area (Å²) < 4.78 is 5.27. The normalized spacial score (nSPS) is 15.4. The molecule has 2 aromatic carbocycles. The third-order valence-electron chi connectivity index (χ3n) is 4.77. The lowest BCUT2D eigenvalue weighted by Crippen LogP contribution is -2.28. The van der Waals surface area contributed by atoms with Gasteiger partial charge in [0.2, 0.25) is 11.8 Å². The number of ether oxygens (including phenoxy) is 1. The molecule has 0 saturated carbocycles. The molecular formula is C22H19N3O4. The molecule has 2 heterocycles. The first-order chi connectivity index (χ1) is 14.0. The van der Waals surface area contributed by atoms with Crippen LogP contribution < -0.4 is 15.0 Å². The van der Waals surface area contributed by atoms with Gasteiger partial charge in [0.1, 0.15) is 5.75 Å². The van der Waals surface area contributed by atoms with Gasteiger partial charge in [-0.05, 0) is 48.5 Å². The van der Waals surface area contributed by atoms with Gasteiger partial charge >= 0.3 is 0 Å². The Morgan fingerprint density at radius 3 is 2.62 bits per heavy atom. The van der Waals surface area contributed by atoms with Crippen molar-refractivity contribution in [3.8, 4) is 5.75 Å². The summed E-state index contributed by atoms with van der Waals surface area (Å²) in [7, 11) is 1.60. The second kappa shape index (κ2) is 7.27. The van der Waals surface area contributed by atoms with E-state index < -0.39 is 0 Å². The van der Waals surface area contributed by atoms with Crippen molar-refractivity contribution in [1.29, 1.82) is 0 Å². The zero-order valence-corrected chi connectivity index (χ0v) is 16.0. The van der Waals surface area contributed by atoms with Crippen LogP contribution in [0.15, 0.2) is 54.2 Å². The number of fused-ring (bicyclic) bond motifs is 1. The highest BCUT2D eigenvalue weighted by molar-refractivity contribution is 6.29. The topological polar surface area (TPSA) is 91.5 Å². The molecular weight excluding hydrogens is 370 g/mol. The SMILES string of the molecule is COc1ccc2[nH]cc(C=C3CC(=O)N(c4ccc(NC(C)=O)cc4)C3=O)c2c1. The van der Waals surface area contributed by atoms with Crippen molar-refractivity contribution in [2.45, 2.75) is 13.3 Å². The number of hydrogen-bond acceptors (Lipinski definition) is 4. The van der Waals surface area contributed by atoms with Gasteiger partial charge in [-0.3, -0.25) is 14.4 Å². The van der Waals surface area contributed by atoms with Crippen LogP contribution in [0, 0.1) is 0 Å². The van der Waals surface area contributed by atoms with Crippen LogP contribution in [0.4, 0.5) is 11.4 Å². The average molecular weight is 389 g/mol. The molecule has 146 valence electrons. The summed E-state index contributed by atoms with van der Waals surface area (Å²) in [5.74, 6) is -0.108. The third-order valence-corrected chi connectivity index (χ3v) is 4.77. The van der Waals surface area contributed by atoms with Crippen LogP contribution in [0.5, 0.6) is 5.75 Å². The van der Waals surface area contributed by atoms with Crippen LogP contribution in [0.25, 0.3) is 17.0 Å². The van der Waals surface area contributed by atoms with Crippen LogP contribution in [0.3, 0.4) is 0 Å². The van der Waals surface area contributed by atoms with Gasteiger partial charge in [-0.15, -0.1) is 0 Å². The summed E-state index contributed by atoms with van der Waals surface area (Å²) in [6.07, 6.45) is 3.58. The van der Waals surface area contributed by atoms with Crippen LogP contribution in [0.2, 0.25) is 0 Å². The Bertz CT molecular complexity index is 1160. The molecule has 2 N–H and O–H groups in total. The van der Waals surface area contributed by atoms with Crippen LogP contribution in [0.1, 0.15) is 18.9 Å². The zero-order valence-electron chi connectivity index (χ0n) is 16.0. The average Bonchev–Trinajstić information content (AvgIpc) is 3.22. The number of nitrogens with one attached hydrogen (secondary N) is 2. The van der Waals surface area contributed by atoms with E-state index in [9.17, 15) is 14.4 Å². The van der Waals surface area contributed by atoms with Crippen molar-refractivity contribution >= 4 is 46.1 Å². The van der Waals surface area contributed by atoms with Crippen molar-refractivity contribution in [3.63, 3.8) is 0 Å². The van der Waals surface area contributed by atoms with E-state index in [2.05, 4.69) is 10.3 Å². The number of H-pyrrole nitrogens is 1. The van der Waals surface area contributed by atoms with Gasteiger partial charge in [0.15, 0.2) is 0 Å². The highest BCUT2D eigenvalue weighted by Crippen LogP contribution is 2.31. The first kappa shape index (κ1) is 18.5. The maximum absolute atomic E-state index is 12.9. The minimum atomic E-state index is -0.348. The Balaban J connectivity index is 1.64. The van der Waals surface area contributed by atoms with E-state index in [1.807, 2.05) is 18.2 Å². The summed E-state index contributed by atoms with van der Waals surface area (Å²) in [5.41, 5.74) is 3.23. The molecule has 0 unspecified atom stereocenters. The number of hydrogen-bond donors (Lipinski definition) is 2. The number of imide groups is 1. The van der Waals surface area contributed by atoms with Gasteiger partial charge in [0, 0.05) is 40.8 Å². The molecule has 3 amide bonds. The molecule has 3 aromatic rings. The maximum atomic E-state index is 12.9. The number of carbonyl (C=O) groups is 3. The third kappa shape index (κ3) is 3.50. The number of methoxy groups -OCH3 is 1. The summed E-state index contributed by atoms with van der Waals surface area (Å²) in [6, 6.07) is 12.2. The number of anilines is 2. The minimum Gasteiger partial charge on any atom is -0.497 e. The Morgan fingerprint density at radius 1 is 1.17 bits per heavy atom. The van der Waals surface area contributed by atoms with E-state index >= 15 is 0 Å². The van der Waals surface area contributed by atoms with Crippen molar-refractivity contribution in [3.05, 3.63) is 59.8 Å². The molecule has 0 radical (unpaired) electrons. The zero-order chi connectivity index (χ0) is 20.5. The van der Waals surface area contributed by atoms with E-state index in [-0.39, 0.29) is 24.1 Å². The first-order valence-corrected chi connectivity index (χ1v) is 9.07. The monoisotopic (exact) mass is 389 g/mol. The fourth-order valence-electron chi connectivity index (χ4n) is 3.40. The summed E-state index contributed by atoms with van der Waals surface area (Å²) in [4.78, 5) is 40.9. The highest BCUT2D eigenvalue weighted by Gasteiger charge is 2.35. The summed E-state index contributed by atoms with van der Waals surface area (Å²) >= 11 is 0. The van der Waals surface area contributed by atoms with Gasteiger partial charge < -0.3 is 15.0 Å². The molecule has 1 aromatic heterocycles. The maximum Gasteiger partial charge on any atom is 0.261 e. The van der Waals surface area contributed by atoms with Gasteiger partial charge in [-0.25, -0.2) is 4.90 Å². The number of benzene rings is 2. The molecule has 1 fully saturated rings. The summed E-state index contributed by atoms with van der Waals surface area (Å²) in [5, 5.41) is 3.57. The first-order valence-electron chi connectivity index (χ1n) is 9.07. The van der Waals surface area contributed by atoms with Gasteiger partial charge in [0.25, 0.3) is 5.91 Å². The van der Waals surface area contributed by atoms with Crippen molar-refractivity contribution in [2.24, 2.45) is 0 Å². The predicted octanol–water partition coefficient (Wildman–Crippen LogP) is 3.48. The molecule has 0 spiro atoms. The Labute approximate surface area is 167 Å². The number of aromatic amines is 1. The Kier molecular flexibility index (Phi) is 4.64. The van der Waals surface area contributed by atoms with Crippen molar-refractivity contribution in [1.82, 2.24) is 4.98 Å². The van der Waals surface area contributed by atoms with E-state index in [0.717, 1.165) is 16.5 Å². The molecule has 7 heteroatoms. The highest BCUT2D eigenvalue weighted by atomic mass is 16.5. The van der Waals surface area contributed by atoms with Crippen molar-refractivity contribution in [2.75, 3.05) is 17.3 Å². The molecule has 0 aliphatic carbocycles. The van der Waals surface area contributed by atoms with Crippen LogP contribution in [-0.4, -0.2) is 29.8 Å². The molecule has 1 aliphatic heterocycles. The number of rotatable bonds is 4. The molecule has 4 rings (SSSR count). The van der Waals surface area contributed by atoms with Crippen molar-refractivity contribution < 1.29 is 19.1 Å². The lowest BCUT2D eigenvalue weighted by molar-refractivity contribution is -0.120. The molecule has 29 heavy (non-hydrogen) atoms. The van der Waals surface area contributed by atoms with Gasteiger partial charge in [0.05, 0.1) is 19.2 Å². The quantitative estimate of drug-likeness (QED) is 0.528. The van der Waals surface area contributed by atoms with E-state index in [1.165, 1.54) is 11.8 Å². The van der Waals surface area contributed by atoms with Gasteiger partial charge in [-0.2, -0.15) is 0 Å². The lowest BCUT2D eigenvalue weighted by atomic mass is 10.1. The Hall–Kier alpha value is -3.87. The standard InChI is InChI=1S/C22H19N3O4/c1-13(26)24-16-3-5-17(6-4-16)25-21(27)10-14(22(25)28)9-15-12-23-20-8-7-18(29-2)11-19(15)20/h3-9,11-12,23H,10H2,1-2H3,(H,24,26). The molecule has 1 saturated heterocycles. The Morgan fingerprint density at radius 2 is 1.93 bits per heavy atom. The van der Waals surface area contributed by atoms with E-state index in [1.54, 1.807) is 43.6 Å². The number of carbonyl (C=O) groups excluding carboxylic acids is 3. The van der Waals surface area contributed by atoms with E-state index in [0.29, 0.717) is 22.7 Å². The number of nitrogens with zero attached hydrogens (tertiary/aromatic N) is 1. The predicted molar refractivity (Wildman–Crippen MR) is 111 cm³/mol. The number of amides is 3. The number of aromatic nitrogens is 1. The second-order valence-corrected chi connectivity index (χ2v) is 6.76. The minimum absolute atomic E-state index is 0.0307. The van der Waals surface area contributed by atoms with Crippen LogP contribution >= 0.6 is 0 Å². The lowest BCUT2D eigenvalue weighted by Gasteiger charge is -2.14. The van der Waals surface area contributed by atoms with Gasteiger partial charge in [-0.1, -0.05) is 0 Å². The smallest absolute Gasteiger partial charge is 0.261 e. The molecule has 0 atom stereocenters. The van der Waals surface area contributed by atoms with Crippen LogP contribution in [-0.2, 0) is 14.4 Å². The fourth-order valence-corrected chi connectivity index (χ4v) is 3.40. The van der Waals surface area contributed by atoms with E-state index in [4.69, 9.17) is 4.74 Å². The fraction of sp³-hybridized carbons (Fsp3) is 0.136. The largest absolute Gasteiger partial charge is 0.497 e.